The lowest BCUT2D eigenvalue weighted by Gasteiger charge is -2.27. The number of nitrogens with two attached hydrogens (primary N) is 1. The highest BCUT2D eigenvalue weighted by Crippen LogP contribution is 2.10. The van der Waals surface area contributed by atoms with Crippen molar-refractivity contribution in [3.8, 4) is 0 Å². The summed E-state index contributed by atoms with van der Waals surface area (Å²) in [6, 6.07) is -6.80. The Bertz CT molecular complexity index is 958. The zero-order chi connectivity index (χ0) is 32.0. The molecule has 0 radical (unpaired) electrons. The summed E-state index contributed by atoms with van der Waals surface area (Å²) >= 11 is 0. The molecule has 9 N–H and O–H groups in total. The zero-order valence-electron chi connectivity index (χ0n) is 24.8. The Hall–Kier alpha value is -3.75. The van der Waals surface area contributed by atoms with Crippen molar-refractivity contribution in [1.29, 1.82) is 0 Å². The monoisotopic (exact) mass is 586 g/mol. The predicted molar refractivity (Wildman–Crippen MR) is 148 cm³/mol. The summed E-state index contributed by atoms with van der Waals surface area (Å²) < 4.78 is 0. The molecule has 5 amide bonds. The molecule has 234 valence electrons. The Morgan fingerprint density at radius 2 is 1.15 bits per heavy atom. The van der Waals surface area contributed by atoms with E-state index >= 15 is 0 Å². The molecule has 7 unspecified atom stereocenters. The standard InChI is InChI=1S/C26H46N6O9/c1-8-13(4)20(32-23(37)17(27)11-12(2)3)25(39)29-15(6)22(36)31-18(9-10-19(33)34)24(38)28-14(5)21(35)30-16(7)26(40)41/h12-18,20H,8-11,27H2,1-7H3,(H,28,38)(H,29,39)(H,30,35)(H,31,36)(H,32,37)(H,33,34)(H,40,41). The van der Waals surface area contributed by atoms with Crippen molar-refractivity contribution in [1.82, 2.24) is 26.6 Å². The maximum Gasteiger partial charge on any atom is 0.325 e. The van der Waals surface area contributed by atoms with Gasteiger partial charge in [-0.05, 0) is 45.4 Å². The lowest BCUT2D eigenvalue weighted by Crippen LogP contribution is -2.59. The van der Waals surface area contributed by atoms with Gasteiger partial charge in [0, 0.05) is 6.42 Å². The third-order valence-corrected chi connectivity index (χ3v) is 6.37. The second-order valence-corrected chi connectivity index (χ2v) is 10.6. The van der Waals surface area contributed by atoms with Crippen molar-refractivity contribution < 1.29 is 43.8 Å². The fraction of sp³-hybridized carbons (Fsp3) is 0.731. The Morgan fingerprint density at radius 1 is 0.659 bits per heavy atom. The van der Waals surface area contributed by atoms with E-state index in [0.717, 1.165) is 0 Å². The number of hydrogen-bond donors (Lipinski definition) is 8. The van der Waals surface area contributed by atoms with Crippen molar-refractivity contribution in [2.75, 3.05) is 0 Å². The first-order chi connectivity index (χ1) is 18.9. The Kier molecular flexibility index (Phi) is 16.2. The molecule has 0 spiro atoms. The first-order valence-electron chi connectivity index (χ1n) is 13.6. The van der Waals surface area contributed by atoms with Gasteiger partial charge in [0.1, 0.15) is 30.2 Å². The minimum absolute atomic E-state index is 0.160. The van der Waals surface area contributed by atoms with Gasteiger partial charge in [-0.15, -0.1) is 0 Å². The lowest BCUT2D eigenvalue weighted by atomic mass is 9.96. The molecule has 0 bridgehead atoms. The van der Waals surface area contributed by atoms with Gasteiger partial charge in [0.2, 0.25) is 29.5 Å². The van der Waals surface area contributed by atoms with Crippen LogP contribution in [-0.2, 0) is 33.6 Å². The summed E-state index contributed by atoms with van der Waals surface area (Å²) in [5.41, 5.74) is 5.94. The molecule has 0 heterocycles. The first kappa shape index (κ1) is 37.2. The summed E-state index contributed by atoms with van der Waals surface area (Å²) in [6.07, 6.45) is 0.131. The average Bonchev–Trinajstić information content (AvgIpc) is 2.87. The van der Waals surface area contributed by atoms with Crippen molar-refractivity contribution in [3.05, 3.63) is 0 Å². The van der Waals surface area contributed by atoms with E-state index < -0.39 is 84.1 Å². The maximum atomic E-state index is 13.0. The summed E-state index contributed by atoms with van der Waals surface area (Å²) in [7, 11) is 0. The maximum absolute atomic E-state index is 13.0. The number of carbonyl (C=O) groups excluding carboxylic acids is 5. The molecule has 15 heteroatoms. The molecule has 0 saturated heterocycles. The van der Waals surface area contributed by atoms with Gasteiger partial charge >= 0.3 is 11.9 Å². The van der Waals surface area contributed by atoms with E-state index in [0.29, 0.717) is 12.8 Å². The number of hydrogen-bond acceptors (Lipinski definition) is 8. The highest BCUT2D eigenvalue weighted by atomic mass is 16.4. The van der Waals surface area contributed by atoms with Gasteiger partial charge in [0.15, 0.2) is 0 Å². The van der Waals surface area contributed by atoms with Crippen molar-refractivity contribution >= 4 is 41.5 Å². The van der Waals surface area contributed by atoms with E-state index in [4.69, 9.17) is 15.9 Å². The number of carbonyl (C=O) groups is 7. The van der Waals surface area contributed by atoms with Gasteiger partial charge in [-0.3, -0.25) is 33.6 Å². The fourth-order valence-corrected chi connectivity index (χ4v) is 3.56. The molecule has 0 aromatic rings. The van der Waals surface area contributed by atoms with Crippen molar-refractivity contribution in [2.45, 2.75) is 110 Å². The third kappa shape index (κ3) is 13.9. The van der Waals surface area contributed by atoms with E-state index in [-0.39, 0.29) is 18.3 Å². The number of rotatable bonds is 18. The fourth-order valence-electron chi connectivity index (χ4n) is 3.56. The van der Waals surface area contributed by atoms with Gasteiger partial charge in [-0.2, -0.15) is 0 Å². The van der Waals surface area contributed by atoms with Crippen LogP contribution >= 0.6 is 0 Å². The smallest absolute Gasteiger partial charge is 0.325 e. The van der Waals surface area contributed by atoms with Crippen LogP contribution in [0, 0.1) is 11.8 Å². The minimum Gasteiger partial charge on any atom is -0.481 e. The van der Waals surface area contributed by atoms with Crippen LogP contribution in [0.2, 0.25) is 0 Å². The topological polar surface area (TPSA) is 246 Å². The van der Waals surface area contributed by atoms with Gasteiger partial charge in [0.05, 0.1) is 6.04 Å². The molecule has 0 aliphatic rings. The lowest BCUT2D eigenvalue weighted by molar-refractivity contribution is -0.141. The quantitative estimate of drug-likeness (QED) is 0.0956. The summed E-state index contributed by atoms with van der Waals surface area (Å²) in [5.74, 6) is -6.30. The van der Waals surface area contributed by atoms with Gasteiger partial charge in [0.25, 0.3) is 0 Å². The number of nitrogens with one attached hydrogen (secondary N) is 5. The van der Waals surface area contributed by atoms with E-state index in [2.05, 4.69) is 26.6 Å². The number of carboxylic acids is 2. The van der Waals surface area contributed by atoms with Crippen LogP contribution in [0.15, 0.2) is 0 Å². The number of carboxylic acid groups (broad SMARTS) is 2. The second kappa shape index (κ2) is 17.8. The molecule has 7 atom stereocenters. The number of aliphatic carboxylic acids is 2. The SMILES string of the molecule is CCC(C)C(NC(=O)C(N)CC(C)C)C(=O)NC(C)C(=O)NC(CCC(=O)O)C(=O)NC(C)C(=O)NC(C)C(=O)O. The van der Waals surface area contributed by atoms with Gasteiger partial charge in [-0.1, -0.05) is 34.1 Å². The van der Waals surface area contributed by atoms with Crippen LogP contribution in [0.4, 0.5) is 0 Å². The summed E-state index contributed by atoms with van der Waals surface area (Å²) in [4.78, 5) is 85.5. The van der Waals surface area contributed by atoms with E-state index in [1.807, 2.05) is 20.8 Å². The van der Waals surface area contributed by atoms with Crippen molar-refractivity contribution in [2.24, 2.45) is 17.6 Å². The van der Waals surface area contributed by atoms with Crippen LogP contribution in [0.1, 0.15) is 74.1 Å². The molecular weight excluding hydrogens is 540 g/mol. The van der Waals surface area contributed by atoms with Gasteiger partial charge < -0.3 is 42.5 Å². The second-order valence-electron chi connectivity index (χ2n) is 10.6. The Morgan fingerprint density at radius 3 is 1.61 bits per heavy atom. The third-order valence-electron chi connectivity index (χ3n) is 6.37. The van der Waals surface area contributed by atoms with E-state index in [1.54, 1.807) is 6.92 Å². The molecular formula is C26H46N6O9. The normalized spacial score (nSPS) is 16.1. The minimum atomic E-state index is -1.39. The Balaban J connectivity index is 5.48. The van der Waals surface area contributed by atoms with Crippen molar-refractivity contribution in [3.63, 3.8) is 0 Å². The summed E-state index contributed by atoms with van der Waals surface area (Å²) in [5, 5.41) is 30.0. The van der Waals surface area contributed by atoms with Gasteiger partial charge in [-0.25, -0.2) is 0 Å². The van der Waals surface area contributed by atoms with Crippen LogP contribution < -0.4 is 32.3 Å². The molecule has 15 nitrogen and oxygen atoms in total. The van der Waals surface area contributed by atoms with E-state index in [9.17, 15) is 33.6 Å². The highest BCUT2D eigenvalue weighted by molar-refractivity contribution is 5.96. The molecule has 41 heavy (non-hydrogen) atoms. The molecule has 0 rings (SSSR count). The predicted octanol–water partition coefficient (Wildman–Crippen LogP) is -1.16. The van der Waals surface area contributed by atoms with Crippen LogP contribution in [-0.4, -0.2) is 87.9 Å². The number of amides is 5. The molecule has 0 aliphatic carbocycles. The summed E-state index contributed by atoms with van der Waals surface area (Å²) in [6.45, 7) is 11.3. The Labute approximate surface area is 240 Å². The van der Waals surface area contributed by atoms with E-state index in [1.165, 1.54) is 20.8 Å². The van der Waals surface area contributed by atoms with Crippen LogP contribution in [0.25, 0.3) is 0 Å². The molecule has 0 aromatic heterocycles. The zero-order valence-corrected chi connectivity index (χ0v) is 24.8. The molecule has 0 aromatic carbocycles. The first-order valence-corrected chi connectivity index (χ1v) is 13.6. The van der Waals surface area contributed by atoms with Crippen LogP contribution in [0.3, 0.4) is 0 Å². The van der Waals surface area contributed by atoms with Crippen LogP contribution in [0.5, 0.6) is 0 Å². The molecule has 0 saturated carbocycles. The largest absolute Gasteiger partial charge is 0.481 e. The highest BCUT2D eigenvalue weighted by Gasteiger charge is 2.32. The molecule has 0 aliphatic heterocycles. The molecule has 0 fully saturated rings. The average molecular weight is 587 g/mol.